The minimum absolute atomic E-state index is 0.600. The summed E-state index contributed by atoms with van der Waals surface area (Å²) in [6.45, 7) is 4.36. The predicted molar refractivity (Wildman–Crippen MR) is 58.3 cm³/mol. The number of hydrogen-bond donors (Lipinski definition) is 1. The second-order valence-corrected chi connectivity index (χ2v) is 4.70. The van der Waals surface area contributed by atoms with Gasteiger partial charge in [0.15, 0.2) is 0 Å². The first-order valence-corrected chi connectivity index (χ1v) is 5.81. The molecule has 3 saturated heterocycles. The Bertz CT molecular complexity index is 338. The van der Waals surface area contributed by atoms with Crippen LogP contribution < -0.4 is 5.73 Å². The van der Waals surface area contributed by atoms with Crippen molar-refractivity contribution in [1.29, 1.82) is 0 Å². The zero-order valence-electron chi connectivity index (χ0n) is 8.97. The van der Waals surface area contributed by atoms with Crippen LogP contribution in [0.5, 0.6) is 0 Å². The topological polar surface area (TPSA) is 47.1 Å². The van der Waals surface area contributed by atoms with Crippen LogP contribution in [0.15, 0.2) is 12.5 Å². The molecule has 3 aliphatic heterocycles. The Morgan fingerprint density at radius 2 is 2.20 bits per heavy atom. The Kier molecular flexibility index (Phi) is 2.25. The molecule has 0 spiro atoms. The first-order chi connectivity index (χ1) is 7.38. The fourth-order valence-corrected chi connectivity index (χ4v) is 3.04. The Labute approximate surface area is 90.1 Å². The molecular weight excluding hydrogens is 188 g/mol. The van der Waals surface area contributed by atoms with Gasteiger partial charge in [0.2, 0.25) is 0 Å². The first kappa shape index (κ1) is 9.36. The van der Waals surface area contributed by atoms with Crippen LogP contribution in [0.4, 0.5) is 0 Å². The number of imidazole rings is 1. The van der Waals surface area contributed by atoms with Gasteiger partial charge in [-0.25, -0.2) is 4.98 Å². The highest BCUT2D eigenvalue weighted by Crippen LogP contribution is 2.35. The van der Waals surface area contributed by atoms with E-state index in [1.165, 1.54) is 38.2 Å². The fourth-order valence-electron chi connectivity index (χ4n) is 3.04. The predicted octanol–water partition coefficient (Wildman–Crippen LogP) is 0.608. The summed E-state index contributed by atoms with van der Waals surface area (Å²) in [5.74, 6) is 0.842. The average Bonchev–Trinajstić information content (AvgIpc) is 2.78. The third-order valence-corrected chi connectivity index (χ3v) is 3.93. The molecule has 4 heterocycles. The minimum atomic E-state index is 0.600. The van der Waals surface area contributed by atoms with Gasteiger partial charge in [-0.1, -0.05) is 0 Å². The van der Waals surface area contributed by atoms with Crippen molar-refractivity contribution in [2.45, 2.75) is 25.4 Å². The summed E-state index contributed by atoms with van der Waals surface area (Å²) in [4.78, 5) is 6.78. The van der Waals surface area contributed by atoms with Crippen LogP contribution >= 0.6 is 0 Å². The number of fused-ring (bicyclic) bond motifs is 3. The molecular formula is C11H18N4. The van der Waals surface area contributed by atoms with Crippen molar-refractivity contribution < 1.29 is 0 Å². The van der Waals surface area contributed by atoms with Gasteiger partial charge in [0.05, 0.1) is 18.1 Å². The lowest BCUT2D eigenvalue weighted by molar-refractivity contribution is 0.0558. The molecule has 0 aliphatic carbocycles. The molecule has 4 heteroatoms. The Morgan fingerprint density at radius 1 is 1.40 bits per heavy atom. The molecule has 1 unspecified atom stereocenters. The van der Waals surface area contributed by atoms with Crippen molar-refractivity contribution in [3.8, 4) is 0 Å². The molecule has 4 nitrogen and oxygen atoms in total. The van der Waals surface area contributed by atoms with Crippen molar-refractivity contribution >= 4 is 0 Å². The van der Waals surface area contributed by atoms with Gasteiger partial charge in [-0.2, -0.15) is 0 Å². The van der Waals surface area contributed by atoms with E-state index in [0.29, 0.717) is 12.6 Å². The van der Waals surface area contributed by atoms with E-state index in [1.807, 2.05) is 12.5 Å². The van der Waals surface area contributed by atoms with Gasteiger partial charge in [-0.05, 0) is 31.8 Å². The second kappa shape index (κ2) is 3.61. The Balaban J connectivity index is 1.88. The molecule has 2 N–H and O–H groups in total. The molecule has 0 radical (unpaired) electrons. The van der Waals surface area contributed by atoms with Crippen molar-refractivity contribution in [1.82, 2.24) is 14.5 Å². The van der Waals surface area contributed by atoms with Crippen molar-refractivity contribution in [2.75, 3.05) is 19.6 Å². The van der Waals surface area contributed by atoms with E-state index in [2.05, 4.69) is 14.5 Å². The highest BCUT2D eigenvalue weighted by molar-refractivity contribution is 5.03. The van der Waals surface area contributed by atoms with Crippen LogP contribution in [-0.4, -0.2) is 34.1 Å². The standard InChI is InChI=1S/C11H18N4/c12-5-10-6-13-8-15(10)11-7-14-3-1-9(11)2-4-14/h6,8-9,11H,1-5,7,12H2. The van der Waals surface area contributed by atoms with Crippen molar-refractivity contribution in [3.63, 3.8) is 0 Å². The lowest BCUT2D eigenvalue weighted by Crippen LogP contribution is -2.48. The number of nitrogens with two attached hydrogens (primary N) is 1. The van der Waals surface area contributed by atoms with Gasteiger partial charge >= 0.3 is 0 Å². The minimum Gasteiger partial charge on any atom is -0.329 e. The van der Waals surface area contributed by atoms with E-state index < -0.39 is 0 Å². The summed E-state index contributed by atoms with van der Waals surface area (Å²) in [7, 11) is 0. The van der Waals surface area contributed by atoms with Gasteiger partial charge in [0.1, 0.15) is 0 Å². The molecule has 1 atom stereocenters. The lowest BCUT2D eigenvalue weighted by Gasteiger charge is -2.45. The highest BCUT2D eigenvalue weighted by Gasteiger charge is 2.35. The molecule has 3 fully saturated rings. The SMILES string of the molecule is NCc1cncn1C1CN2CCC1CC2. The maximum Gasteiger partial charge on any atom is 0.0951 e. The average molecular weight is 206 g/mol. The Morgan fingerprint density at radius 3 is 2.80 bits per heavy atom. The molecule has 0 saturated carbocycles. The molecule has 1 aromatic heterocycles. The smallest absolute Gasteiger partial charge is 0.0951 e. The molecule has 1 aromatic rings. The lowest BCUT2D eigenvalue weighted by atomic mass is 9.84. The van der Waals surface area contributed by atoms with Crippen LogP contribution in [0.1, 0.15) is 24.6 Å². The van der Waals surface area contributed by atoms with Crippen LogP contribution in [0, 0.1) is 5.92 Å². The van der Waals surface area contributed by atoms with Crippen molar-refractivity contribution in [2.24, 2.45) is 11.7 Å². The van der Waals surface area contributed by atoms with E-state index in [4.69, 9.17) is 5.73 Å². The molecule has 3 aliphatic rings. The summed E-state index contributed by atoms with van der Waals surface area (Å²) in [6, 6.07) is 0.619. The molecule has 0 aromatic carbocycles. The Hall–Kier alpha value is -0.870. The van der Waals surface area contributed by atoms with Gasteiger partial charge in [-0.3, -0.25) is 0 Å². The summed E-state index contributed by atoms with van der Waals surface area (Å²) >= 11 is 0. The van der Waals surface area contributed by atoms with Crippen molar-refractivity contribution in [3.05, 3.63) is 18.2 Å². The van der Waals surface area contributed by atoms with Gasteiger partial charge in [-0.15, -0.1) is 0 Å². The maximum atomic E-state index is 5.73. The summed E-state index contributed by atoms with van der Waals surface area (Å²) in [5.41, 5.74) is 6.90. The second-order valence-electron chi connectivity index (χ2n) is 4.70. The number of aromatic nitrogens is 2. The van der Waals surface area contributed by atoms with Crippen LogP contribution in [0.2, 0.25) is 0 Å². The molecule has 2 bridgehead atoms. The zero-order valence-corrected chi connectivity index (χ0v) is 8.97. The van der Waals surface area contributed by atoms with Crippen LogP contribution in [0.25, 0.3) is 0 Å². The molecule has 4 rings (SSSR count). The number of piperidine rings is 3. The maximum absolute atomic E-state index is 5.73. The zero-order chi connectivity index (χ0) is 10.3. The van der Waals surface area contributed by atoms with Crippen LogP contribution in [-0.2, 0) is 6.54 Å². The van der Waals surface area contributed by atoms with E-state index in [9.17, 15) is 0 Å². The first-order valence-electron chi connectivity index (χ1n) is 5.81. The molecule has 82 valence electrons. The highest BCUT2D eigenvalue weighted by atomic mass is 15.2. The van der Waals surface area contributed by atoms with Gasteiger partial charge in [0, 0.05) is 19.3 Å². The third kappa shape index (κ3) is 1.48. The number of rotatable bonds is 2. The number of nitrogens with zero attached hydrogens (tertiary/aromatic N) is 3. The summed E-state index contributed by atoms with van der Waals surface area (Å²) in [5, 5.41) is 0. The van der Waals surface area contributed by atoms with E-state index in [1.54, 1.807) is 0 Å². The monoisotopic (exact) mass is 206 g/mol. The van der Waals surface area contributed by atoms with Gasteiger partial charge < -0.3 is 15.2 Å². The van der Waals surface area contributed by atoms with E-state index in [-0.39, 0.29) is 0 Å². The summed E-state index contributed by atoms with van der Waals surface area (Å²) < 4.78 is 2.30. The quantitative estimate of drug-likeness (QED) is 0.771. The molecule has 15 heavy (non-hydrogen) atoms. The van der Waals surface area contributed by atoms with Gasteiger partial charge in [0.25, 0.3) is 0 Å². The van der Waals surface area contributed by atoms with E-state index in [0.717, 1.165) is 5.92 Å². The normalized spacial score (nSPS) is 34.6. The number of hydrogen-bond acceptors (Lipinski definition) is 3. The molecule has 0 amide bonds. The third-order valence-electron chi connectivity index (χ3n) is 3.93. The van der Waals surface area contributed by atoms with E-state index >= 15 is 0 Å². The van der Waals surface area contributed by atoms with Crippen LogP contribution in [0.3, 0.4) is 0 Å². The summed E-state index contributed by atoms with van der Waals surface area (Å²) in [6.07, 6.45) is 6.53. The largest absolute Gasteiger partial charge is 0.329 e. The fraction of sp³-hybridized carbons (Fsp3) is 0.727.